The van der Waals surface area contributed by atoms with Crippen LogP contribution in [0.25, 0.3) is 0 Å². The van der Waals surface area contributed by atoms with E-state index in [0.29, 0.717) is 0 Å². The molecule has 1 aromatic heterocycles. The van der Waals surface area contributed by atoms with Crippen LogP contribution in [0.4, 0.5) is 13.2 Å². The molecule has 1 N–H and O–H groups in total. The number of nitrogens with zero attached hydrogens (tertiary/aromatic N) is 1. The molecule has 0 fully saturated rings. The van der Waals surface area contributed by atoms with Gasteiger partial charge in [0.05, 0.1) is 6.04 Å². The number of aromatic nitrogens is 1. The van der Waals surface area contributed by atoms with E-state index in [2.05, 4.69) is 10.3 Å². The van der Waals surface area contributed by atoms with Crippen molar-refractivity contribution in [1.29, 1.82) is 0 Å². The fourth-order valence-electron chi connectivity index (χ4n) is 1.74. The molecule has 0 aliphatic carbocycles. The maximum atomic E-state index is 13.6. The molecule has 6 heteroatoms. The maximum Gasteiger partial charge on any atom is 0.270 e. The largest absolute Gasteiger partial charge is 0.344 e. The molecule has 1 atom stereocenters. The van der Waals surface area contributed by atoms with Crippen molar-refractivity contribution in [2.45, 2.75) is 13.0 Å². The van der Waals surface area contributed by atoms with E-state index in [0.717, 1.165) is 18.2 Å². The quantitative estimate of drug-likeness (QED) is 0.878. The van der Waals surface area contributed by atoms with E-state index >= 15 is 0 Å². The van der Waals surface area contributed by atoms with Gasteiger partial charge in [-0.15, -0.1) is 0 Å². The number of amides is 1. The van der Waals surface area contributed by atoms with Crippen molar-refractivity contribution in [1.82, 2.24) is 10.3 Å². The molecule has 2 rings (SSSR count). The molecule has 0 bridgehead atoms. The van der Waals surface area contributed by atoms with E-state index in [1.165, 1.54) is 25.1 Å². The van der Waals surface area contributed by atoms with Crippen molar-refractivity contribution in [2.75, 3.05) is 0 Å². The number of halogens is 3. The van der Waals surface area contributed by atoms with Crippen molar-refractivity contribution >= 4 is 5.91 Å². The zero-order valence-electron chi connectivity index (χ0n) is 10.5. The summed E-state index contributed by atoms with van der Waals surface area (Å²) < 4.78 is 39.3. The summed E-state index contributed by atoms with van der Waals surface area (Å²) in [5.74, 6) is -2.87. The van der Waals surface area contributed by atoms with E-state index in [9.17, 15) is 18.0 Å². The van der Waals surface area contributed by atoms with Gasteiger partial charge in [-0.25, -0.2) is 13.8 Å². The van der Waals surface area contributed by atoms with Crippen LogP contribution in [0.5, 0.6) is 0 Å². The van der Waals surface area contributed by atoms with Gasteiger partial charge in [-0.2, -0.15) is 4.39 Å². The van der Waals surface area contributed by atoms with Gasteiger partial charge < -0.3 is 5.32 Å². The molecule has 1 heterocycles. The lowest BCUT2D eigenvalue weighted by Gasteiger charge is -2.14. The van der Waals surface area contributed by atoms with E-state index in [1.807, 2.05) is 0 Å². The topological polar surface area (TPSA) is 42.0 Å². The molecule has 0 saturated heterocycles. The highest BCUT2D eigenvalue weighted by molar-refractivity contribution is 5.92. The van der Waals surface area contributed by atoms with Gasteiger partial charge in [-0.1, -0.05) is 12.1 Å². The van der Waals surface area contributed by atoms with E-state index in [-0.39, 0.29) is 11.3 Å². The number of rotatable bonds is 3. The molecule has 0 spiro atoms. The average Bonchev–Trinajstić information content (AvgIpc) is 2.38. The van der Waals surface area contributed by atoms with Crippen molar-refractivity contribution in [3.63, 3.8) is 0 Å². The molecular weight excluding hydrogens is 269 g/mol. The summed E-state index contributed by atoms with van der Waals surface area (Å²) in [5.41, 5.74) is 0.0236. The number of hydrogen-bond donors (Lipinski definition) is 1. The Hall–Kier alpha value is -2.37. The Bertz CT molecular complexity index is 646. The van der Waals surface area contributed by atoms with Crippen LogP contribution in [-0.2, 0) is 0 Å². The Morgan fingerprint density at radius 3 is 2.60 bits per heavy atom. The van der Waals surface area contributed by atoms with Gasteiger partial charge in [-0.3, -0.25) is 4.79 Å². The number of hydrogen-bond acceptors (Lipinski definition) is 2. The second kappa shape index (κ2) is 5.73. The van der Waals surface area contributed by atoms with Crippen LogP contribution in [0.15, 0.2) is 36.4 Å². The zero-order valence-corrected chi connectivity index (χ0v) is 10.5. The Morgan fingerprint density at radius 1 is 1.20 bits per heavy atom. The lowest BCUT2D eigenvalue weighted by Crippen LogP contribution is -2.28. The van der Waals surface area contributed by atoms with Gasteiger partial charge in [0.1, 0.15) is 17.3 Å². The van der Waals surface area contributed by atoms with Crippen molar-refractivity contribution < 1.29 is 18.0 Å². The molecule has 1 amide bonds. The monoisotopic (exact) mass is 280 g/mol. The molecular formula is C14H11F3N2O. The first-order chi connectivity index (χ1) is 9.47. The summed E-state index contributed by atoms with van der Waals surface area (Å²) >= 11 is 0. The predicted octanol–water partition coefficient (Wildman–Crippen LogP) is 2.99. The normalized spacial score (nSPS) is 12.0. The van der Waals surface area contributed by atoms with Gasteiger partial charge in [0.15, 0.2) is 0 Å². The van der Waals surface area contributed by atoms with E-state index < -0.39 is 29.5 Å². The van der Waals surface area contributed by atoms with Gasteiger partial charge in [-0.05, 0) is 25.1 Å². The third-order valence-corrected chi connectivity index (χ3v) is 2.72. The van der Waals surface area contributed by atoms with Crippen molar-refractivity contribution in [2.24, 2.45) is 0 Å². The molecule has 0 aliphatic heterocycles. The summed E-state index contributed by atoms with van der Waals surface area (Å²) in [7, 11) is 0. The molecule has 1 aromatic carbocycles. The highest BCUT2D eigenvalue weighted by Crippen LogP contribution is 2.18. The van der Waals surface area contributed by atoms with Crippen LogP contribution in [0, 0.1) is 17.6 Å². The maximum absolute atomic E-state index is 13.6. The minimum Gasteiger partial charge on any atom is -0.344 e. The number of carbonyl (C=O) groups is 1. The Morgan fingerprint density at radius 2 is 1.95 bits per heavy atom. The SMILES string of the molecule is CC(NC(=O)c1cccc(F)n1)c1ccc(F)cc1F. The lowest BCUT2D eigenvalue weighted by molar-refractivity contribution is 0.0933. The first kappa shape index (κ1) is 14.0. The summed E-state index contributed by atoms with van der Waals surface area (Å²) in [5, 5.41) is 2.47. The molecule has 0 radical (unpaired) electrons. The van der Waals surface area contributed by atoms with Crippen LogP contribution >= 0.6 is 0 Å². The van der Waals surface area contributed by atoms with Crippen LogP contribution in [0.3, 0.4) is 0 Å². The Balaban J connectivity index is 2.15. The first-order valence-corrected chi connectivity index (χ1v) is 5.86. The van der Waals surface area contributed by atoms with Crippen molar-refractivity contribution in [3.05, 3.63) is 65.2 Å². The van der Waals surface area contributed by atoms with Crippen LogP contribution in [-0.4, -0.2) is 10.9 Å². The highest BCUT2D eigenvalue weighted by atomic mass is 19.1. The lowest BCUT2D eigenvalue weighted by atomic mass is 10.1. The van der Waals surface area contributed by atoms with Crippen LogP contribution in [0.2, 0.25) is 0 Å². The number of benzene rings is 1. The number of nitrogens with one attached hydrogen (secondary N) is 1. The van der Waals surface area contributed by atoms with Gasteiger partial charge in [0, 0.05) is 11.6 Å². The predicted molar refractivity (Wildman–Crippen MR) is 66.4 cm³/mol. The standard InChI is InChI=1S/C14H11F3N2O/c1-8(10-6-5-9(15)7-11(10)16)18-14(20)12-3-2-4-13(17)19-12/h2-8H,1H3,(H,18,20). The van der Waals surface area contributed by atoms with Gasteiger partial charge >= 0.3 is 0 Å². The summed E-state index contributed by atoms with van der Waals surface area (Å²) in [6.07, 6.45) is 0. The van der Waals surface area contributed by atoms with Gasteiger partial charge in [0.25, 0.3) is 5.91 Å². The molecule has 0 aliphatic rings. The molecule has 2 aromatic rings. The third-order valence-electron chi connectivity index (χ3n) is 2.72. The van der Waals surface area contributed by atoms with Crippen LogP contribution < -0.4 is 5.32 Å². The summed E-state index contributed by atoms with van der Waals surface area (Å²) in [6, 6.07) is 6.18. The first-order valence-electron chi connectivity index (χ1n) is 5.86. The zero-order chi connectivity index (χ0) is 14.7. The third kappa shape index (κ3) is 3.14. The molecule has 20 heavy (non-hydrogen) atoms. The number of pyridine rings is 1. The van der Waals surface area contributed by atoms with Gasteiger partial charge in [0.2, 0.25) is 5.95 Å². The smallest absolute Gasteiger partial charge is 0.270 e. The minimum absolute atomic E-state index is 0.112. The fourth-order valence-corrected chi connectivity index (χ4v) is 1.74. The van der Waals surface area contributed by atoms with E-state index in [1.54, 1.807) is 0 Å². The molecule has 0 saturated carbocycles. The Kier molecular flexibility index (Phi) is 4.02. The highest BCUT2D eigenvalue weighted by Gasteiger charge is 2.16. The summed E-state index contributed by atoms with van der Waals surface area (Å²) in [6.45, 7) is 1.54. The van der Waals surface area contributed by atoms with Crippen LogP contribution in [0.1, 0.15) is 29.0 Å². The molecule has 1 unspecified atom stereocenters. The second-order valence-electron chi connectivity index (χ2n) is 4.21. The molecule has 104 valence electrons. The van der Waals surface area contributed by atoms with Crippen molar-refractivity contribution in [3.8, 4) is 0 Å². The second-order valence-corrected chi connectivity index (χ2v) is 4.21. The molecule has 3 nitrogen and oxygen atoms in total. The minimum atomic E-state index is -0.779. The average molecular weight is 280 g/mol. The van der Waals surface area contributed by atoms with E-state index in [4.69, 9.17) is 0 Å². The number of carbonyl (C=O) groups excluding carboxylic acids is 1. The Labute approximate surface area is 113 Å². The fraction of sp³-hybridized carbons (Fsp3) is 0.143. The summed E-state index contributed by atoms with van der Waals surface area (Å²) in [4.78, 5) is 15.2.